The number of piperidine rings is 1. The van der Waals surface area contributed by atoms with Gasteiger partial charge in [-0.05, 0) is 31.6 Å². The average molecular weight is 240 g/mol. The predicted molar refractivity (Wildman–Crippen MR) is 66.5 cm³/mol. The molecule has 0 bridgehead atoms. The van der Waals surface area contributed by atoms with Crippen LogP contribution in [0.5, 0.6) is 0 Å². The molecule has 0 radical (unpaired) electrons. The zero-order valence-corrected chi connectivity index (χ0v) is 10.7. The highest BCUT2D eigenvalue weighted by Gasteiger charge is 2.29. The lowest BCUT2D eigenvalue weighted by Gasteiger charge is -2.33. The van der Waals surface area contributed by atoms with Crippen molar-refractivity contribution in [1.29, 1.82) is 0 Å². The van der Waals surface area contributed by atoms with Gasteiger partial charge in [0, 0.05) is 32.7 Å². The van der Waals surface area contributed by atoms with Gasteiger partial charge in [0.2, 0.25) is 5.91 Å². The number of likely N-dealkylation sites (tertiary alicyclic amines) is 1. The van der Waals surface area contributed by atoms with Gasteiger partial charge in [-0.3, -0.25) is 4.79 Å². The third kappa shape index (κ3) is 3.19. The molecule has 1 amide bonds. The fourth-order valence-corrected chi connectivity index (χ4v) is 3.03. The van der Waals surface area contributed by atoms with Gasteiger partial charge in [0.05, 0.1) is 6.10 Å². The molecule has 17 heavy (non-hydrogen) atoms. The molecule has 2 fully saturated rings. The number of amides is 1. The van der Waals surface area contributed by atoms with E-state index in [4.69, 9.17) is 10.5 Å². The summed E-state index contributed by atoms with van der Waals surface area (Å²) in [5.74, 6) is 0.680. The Kier molecular flexibility index (Phi) is 4.40. The van der Waals surface area contributed by atoms with Crippen molar-refractivity contribution >= 4 is 5.91 Å². The lowest BCUT2D eigenvalue weighted by atomic mass is 9.98. The van der Waals surface area contributed by atoms with Crippen molar-refractivity contribution in [1.82, 2.24) is 4.90 Å². The van der Waals surface area contributed by atoms with Gasteiger partial charge in [0.15, 0.2) is 0 Å². The molecular formula is C13H24N2O2. The Bertz CT molecular complexity index is 270. The maximum absolute atomic E-state index is 12.2. The number of rotatable bonds is 3. The van der Waals surface area contributed by atoms with Gasteiger partial charge in [0.1, 0.15) is 0 Å². The highest BCUT2D eigenvalue weighted by molar-refractivity contribution is 5.76. The van der Waals surface area contributed by atoms with Crippen LogP contribution in [-0.4, -0.2) is 43.2 Å². The number of ether oxygens (including phenoxy) is 1. The summed E-state index contributed by atoms with van der Waals surface area (Å²) >= 11 is 0. The zero-order chi connectivity index (χ0) is 12.3. The van der Waals surface area contributed by atoms with Gasteiger partial charge in [-0.25, -0.2) is 0 Å². The van der Waals surface area contributed by atoms with Crippen LogP contribution < -0.4 is 5.73 Å². The third-order valence-corrected chi connectivity index (χ3v) is 4.22. The van der Waals surface area contributed by atoms with Crippen LogP contribution in [0.2, 0.25) is 0 Å². The molecule has 1 saturated heterocycles. The van der Waals surface area contributed by atoms with Crippen LogP contribution >= 0.6 is 0 Å². The van der Waals surface area contributed by atoms with Crippen molar-refractivity contribution in [3.8, 4) is 0 Å². The first-order chi connectivity index (χ1) is 8.20. The molecule has 2 rings (SSSR count). The molecule has 1 aliphatic heterocycles. The van der Waals surface area contributed by atoms with Gasteiger partial charge in [-0.2, -0.15) is 0 Å². The molecule has 4 heteroatoms. The van der Waals surface area contributed by atoms with E-state index < -0.39 is 0 Å². The van der Waals surface area contributed by atoms with E-state index in [-0.39, 0.29) is 18.1 Å². The Morgan fingerprint density at radius 3 is 2.82 bits per heavy atom. The SMILES string of the molecule is COC1CCCN(C(=O)C[C@@H]2CCC[C@H]2N)C1. The van der Waals surface area contributed by atoms with Crippen molar-refractivity contribution < 1.29 is 9.53 Å². The molecule has 1 saturated carbocycles. The molecule has 2 aliphatic rings. The van der Waals surface area contributed by atoms with E-state index in [2.05, 4.69) is 0 Å². The van der Waals surface area contributed by atoms with E-state index in [1.54, 1.807) is 7.11 Å². The first-order valence-corrected chi connectivity index (χ1v) is 6.77. The number of hydrogen-bond donors (Lipinski definition) is 1. The molecule has 2 N–H and O–H groups in total. The number of hydrogen-bond acceptors (Lipinski definition) is 3. The Morgan fingerprint density at radius 2 is 2.18 bits per heavy atom. The summed E-state index contributed by atoms with van der Waals surface area (Å²) in [6.07, 6.45) is 6.37. The summed E-state index contributed by atoms with van der Waals surface area (Å²) in [4.78, 5) is 14.1. The van der Waals surface area contributed by atoms with Crippen LogP contribution in [0.4, 0.5) is 0 Å². The van der Waals surface area contributed by atoms with Crippen LogP contribution in [-0.2, 0) is 9.53 Å². The predicted octanol–water partition coefficient (Wildman–Crippen LogP) is 1.14. The monoisotopic (exact) mass is 240 g/mol. The topological polar surface area (TPSA) is 55.6 Å². The van der Waals surface area contributed by atoms with E-state index >= 15 is 0 Å². The molecule has 4 nitrogen and oxygen atoms in total. The first kappa shape index (κ1) is 12.8. The minimum atomic E-state index is 0.227. The Balaban J connectivity index is 1.82. The van der Waals surface area contributed by atoms with E-state index in [0.717, 1.165) is 38.8 Å². The van der Waals surface area contributed by atoms with Crippen LogP contribution in [0, 0.1) is 5.92 Å². The fourth-order valence-electron chi connectivity index (χ4n) is 3.03. The van der Waals surface area contributed by atoms with Crippen molar-refractivity contribution in [2.45, 2.75) is 50.7 Å². The molecule has 0 aromatic rings. The van der Waals surface area contributed by atoms with Crippen LogP contribution in [0.3, 0.4) is 0 Å². The number of methoxy groups -OCH3 is 1. The van der Waals surface area contributed by atoms with Gasteiger partial charge < -0.3 is 15.4 Å². The number of carbonyl (C=O) groups excluding carboxylic acids is 1. The van der Waals surface area contributed by atoms with Crippen molar-refractivity contribution in [3.63, 3.8) is 0 Å². The van der Waals surface area contributed by atoms with Crippen molar-refractivity contribution in [3.05, 3.63) is 0 Å². The Morgan fingerprint density at radius 1 is 1.35 bits per heavy atom. The van der Waals surface area contributed by atoms with E-state index in [1.807, 2.05) is 4.90 Å². The second kappa shape index (κ2) is 5.83. The molecular weight excluding hydrogens is 216 g/mol. The van der Waals surface area contributed by atoms with Gasteiger partial charge in [-0.1, -0.05) is 6.42 Å². The lowest BCUT2D eigenvalue weighted by molar-refractivity contribution is -0.135. The number of nitrogens with two attached hydrogens (primary N) is 1. The molecule has 1 unspecified atom stereocenters. The third-order valence-electron chi connectivity index (χ3n) is 4.22. The van der Waals surface area contributed by atoms with E-state index in [1.165, 1.54) is 6.42 Å². The van der Waals surface area contributed by atoms with Gasteiger partial charge in [0.25, 0.3) is 0 Å². The van der Waals surface area contributed by atoms with Crippen LogP contribution in [0.1, 0.15) is 38.5 Å². The molecule has 0 aromatic carbocycles. The molecule has 0 spiro atoms. The minimum absolute atomic E-state index is 0.227. The quantitative estimate of drug-likeness (QED) is 0.805. The van der Waals surface area contributed by atoms with Gasteiger partial charge >= 0.3 is 0 Å². The van der Waals surface area contributed by atoms with Gasteiger partial charge in [-0.15, -0.1) is 0 Å². The highest BCUT2D eigenvalue weighted by atomic mass is 16.5. The lowest BCUT2D eigenvalue weighted by Crippen LogP contribution is -2.44. The summed E-state index contributed by atoms with van der Waals surface area (Å²) in [5, 5.41) is 0. The van der Waals surface area contributed by atoms with E-state index in [9.17, 15) is 4.79 Å². The molecule has 0 aromatic heterocycles. The number of nitrogens with zero attached hydrogens (tertiary/aromatic N) is 1. The van der Waals surface area contributed by atoms with Crippen LogP contribution in [0.25, 0.3) is 0 Å². The molecule has 98 valence electrons. The maximum atomic E-state index is 12.2. The zero-order valence-electron chi connectivity index (χ0n) is 10.7. The molecule has 3 atom stereocenters. The number of carbonyl (C=O) groups is 1. The largest absolute Gasteiger partial charge is 0.380 e. The standard InChI is InChI=1S/C13H24N2O2/c1-17-11-5-3-7-15(9-11)13(16)8-10-4-2-6-12(10)14/h10-12H,2-9,14H2,1H3/t10-,11?,12+/m0/s1. The average Bonchev–Trinajstić information content (AvgIpc) is 2.75. The maximum Gasteiger partial charge on any atom is 0.222 e. The highest BCUT2D eigenvalue weighted by Crippen LogP contribution is 2.28. The summed E-state index contributed by atoms with van der Waals surface area (Å²) in [6.45, 7) is 1.65. The summed E-state index contributed by atoms with van der Waals surface area (Å²) < 4.78 is 5.34. The van der Waals surface area contributed by atoms with Crippen LogP contribution in [0.15, 0.2) is 0 Å². The van der Waals surface area contributed by atoms with Crippen molar-refractivity contribution in [2.24, 2.45) is 11.7 Å². The van der Waals surface area contributed by atoms with Crippen molar-refractivity contribution in [2.75, 3.05) is 20.2 Å². The summed E-state index contributed by atoms with van der Waals surface area (Å²) in [6, 6.07) is 0.238. The molecule has 1 aliphatic carbocycles. The summed E-state index contributed by atoms with van der Waals surface area (Å²) in [5.41, 5.74) is 6.01. The normalized spacial score (nSPS) is 34.0. The molecule has 1 heterocycles. The second-order valence-electron chi connectivity index (χ2n) is 5.40. The first-order valence-electron chi connectivity index (χ1n) is 6.77. The minimum Gasteiger partial charge on any atom is -0.380 e. The Labute approximate surface area is 103 Å². The second-order valence-corrected chi connectivity index (χ2v) is 5.40. The van der Waals surface area contributed by atoms with E-state index in [0.29, 0.717) is 12.3 Å². The smallest absolute Gasteiger partial charge is 0.222 e. The fraction of sp³-hybridized carbons (Fsp3) is 0.923. The summed E-state index contributed by atoms with van der Waals surface area (Å²) in [7, 11) is 1.73. The Hall–Kier alpha value is -0.610.